The third-order valence-corrected chi connectivity index (χ3v) is 6.20. The maximum absolute atomic E-state index is 8.68. The zero-order valence-electron chi connectivity index (χ0n) is 21.0. The van der Waals surface area contributed by atoms with E-state index >= 15 is 0 Å². The number of benzene rings is 2. The van der Waals surface area contributed by atoms with Crippen LogP contribution in [0.15, 0.2) is 52.9 Å². The summed E-state index contributed by atoms with van der Waals surface area (Å²) >= 11 is 0. The van der Waals surface area contributed by atoms with Gasteiger partial charge in [-0.1, -0.05) is 26.0 Å². The van der Waals surface area contributed by atoms with Crippen LogP contribution in [0.5, 0.6) is 0 Å². The van der Waals surface area contributed by atoms with Gasteiger partial charge in [0.05, 0.1) is 5.56 Å². The Kier molecular flexibility index (Phi) is 4.06. The molecule has 0 fully saturated rings. The van der Waals surface area contributed by atoms with Gasteiger partial charge in [-0.2, -0.15) is 4.57 Å². The zero-order valence-corrected chi connectivity index (χ0v) is 19.0. The first-order chi connectivity index (χ1) is 15.6. The molecule has 0 bridgehead atoms. The molecule has 3 nitrogen and oxygen atoms in total. The monoisotopic (exact) mass is 411 g/mol. The van der Waals surface area contributed by atoms with Crippen molar-refractivity contribution in [2.75, 3.05) is 0 Å². The van der Waals surface area contributed by atoms with Gasteiger partial charge in [-0.05, 0) is 74.0 Å². The van der Waals surface area contributed by atoms with E-state index in [4.69, 9.17) is 7.16 Å². The number of hydrogen-bond donors (Lipinski definition) is 0. The molecule has 2 aromatic carbocycles. The molecule has 5 aromatic rings. The molecular formula is C28H29N2O+. The average molecular weight is 412 g/mol. The minimum atomic E-state index is -1.41. The summed E-state index contributed by atoms with van der Waals surface area (Å²) in [6.07, 6.45) is -1.41. The summed E-state index contributed by atoms with van der Waals surface area (Å²) in [5.74, 6) is -0.127. The lowest BCUT2D eigenvalue weighted by Crippen LogP contribution is -2.32. The Balaban J connectivity index is 1.85. The third kappa shape index (κ3) is 3.11. The number of pyridine rings is 2. The molecule has 0 aliphatic heterocycles. The zero-order chi connectivity index (χ0) is 23.7. The van der Waals surface area contributed by atoms with E-state index in [1.54, 1.807) is 0 Å². The van der Waals surface area contributed by atoms with Gasteiger partial charge in [0.15, 0.2) is 5.58 Å². The number of rotatable bonds is 3. The van der Waals surface area contributed by atoms with Crippen LogP contribution >= 0.6 is 0 Å². The topological polar surface area (TPSA) is 29.9 Å². The molecule has 3 heteroatoms. The Bertz CT molecular complexity index is 1560. The number of fused-ring (bicyclic) bond motifs is 4. The van der Waals surface area contributed by atoms with Crippen LogP contribution in [0.4, 0.5) is 0 Å². The van der Waals surface area contributed by atoms with Gasteiger partial charge in [0.2, 0.25) is 16.9 Å². The highest BCUT2D eigenvalue weighted by molar-refractivity contribution is 6.09. The quantitative estimate of drug-likeness (QED) is 0.307. The smallest absolute Gasteiger partial charge is 0.227 e. The SMILES string of the molecule is [2H]C([2H])(c1cccc2c1ccc(-c1c(C)c(C)cc3c1oc1nc(C)ccc13)[n+]2C)C(C)C. The van der Waals surface area contributed by atoms with Crippen molar-refractivity contribution >= 4 is 33.0 Å². The summed E-state index contributed by atoms with van der Waals surface area (Å²) in [4.78, 5) is 4.62. The predicted molar refractivity (Wildman–Crippen MR) is 128 cm³/mol. The van der Waals surface area contributed by atoms with Gasteiger partial charge in [0.25, 0.3) is 0 Å². The van der Waals surface area contributed by atoms with E-state index in [2.05, 4.69) is 53.7 Å². The van der Waals surface area contributed by atoms with E-state index in [0.717, 1.165) is 49.8 Å². The number of furan rings is 1. The first kappa shape index (κ1) is 17.5. The lowest BCUT2D eigenvalue weighted by atomic mass is 9.94. The second-order valence-electron chi connectivity index (χ2n) is 8.79. The Labute approximate surface area is 186 Å². The number of hydrogen-bond acceptors (Lipinski definition) is 2. The lowest BCUT2D eigenvalue weighted by molar-refractivity contribution is -0.633. The maximum Gasteiger partial charge on any atom is 0.227 e. The molecule has 0 aliphatic rings. The number of aryl methyl sites for hydroxylation is 3. The first-order valence-corrected chi connectivity index (χ1v) is 10.8. The molecule has 3 aromatic heterocycles. The standard InChI is InChI=1S/C28H29N2O/c1-16(2)14-20-8-7-9-24-21(20)12-13-25(30(24)6)26-19(5)17(3)15-23-22-11-10-18(4)29-28(22)31-27(23)26/h7-13,15-16H,14H2,1-6H3/q+1/i14D2. The fourth-order valence-corrected chi connectivity index (χ4v) is 4.53. The molecule has 0 radical (unpaired) electrons. The Morgan fingerprint density at radius 1 is 1.00 bits per heavy atom. The van der Waals surface area contributed by atoms with Crippen molar-refractivity contribution in [3.8, 4) is 11.3 Å². The van der Waals surface area contributed by atoms with Crippen LogP contribution in [-0.4, -0.2) is 4.98 Å². The van der Waals surface area contributed by atoms with E-state index < -0.39 is 6.37 Å². The van der Waals surface area contributed by atoms with Crippen LogP contribution in [0.25, 0.3) is 44.2 Å². The van der Waals surface area contributed by atoms with Crippen LogP contribution in [0.3, 0.4) is 0 Å². The maximum atomic E-state index is 8.68. The van der Waals surface area contributed by atoms with Crippen molar-refractivity contribution in [2.24, 2.45) is 13.0 Å². The van der Waals surface area contributed by atoms with Crippen molar-refractivity contribution in [1.82, 2.24) is 4.98 Å². The molecule has 0 N–H and O–H groups in total. The van der Waals surface area contributed by atoms with Gasteiger partial charge >= 0.3 is 0 Å². The second-order valence-corrected chi connectivity index (χ2v) is 8.79. The van der Waals surface area contributed by atoms with Crippen LogP contribution < -0.4 is 4.57 Å². The summed E-state index contributed by atoms with van der Waals surface area (Å²) in [6.45, 7) is 10.1. The Morgan fingerprint density at radius 3 is 2.55 bits per heavy atom. The van der Waals surface area contributed by atoms with E-state index in [0.29, 0.717) is 5.71 Å². The fourth-order valence-electron chi connectivity index (χ4n) is 4.53. The summed E-state index contributed by atoms with van der Waals surface area (Å²) in [7, 11) is 2.05. The van der Waals surface area contributed by atoms with E-state index in [-0.39, 0.29) is 5.92 Å². The Hall–Kier alpha value is -3.20. The molecular weight excluding hydrogens is 380 g/mol. The highest BCUT2D eigenvalue weighted by Gasteiger charge is 2.24. The molecule has 0 saturated heterocycles. The molecule has 31 heavy (non-hydrogen) atoms. The third-order valence-electron chi connectivity index (χ3n) is 6.20. The number of aromatic nitrogens is 2. The van der Waals surface area contributed by atoms with Gasteiger partial charge in [-0.25, -0.2) is 4.98 Å². The summed E-state index contributed by atoms with van der Waals surface area (Å²) in [6, 6.07) is 16.4. The number of nitrogens with zero attached hydrogens (tertiary/aromatic N) is 2. The first-order valence-electron chi connectivity index (χ1n) is 11.8. The van der Waals surface area contributed by atoms with E-state index in [1.807, 2.05) is 46.0 Å². The van der Waals surface area contributed by atoms with Gasteiger partial charge in [-0.3, -0.25) is 0 Å². The average Bonchev–Trinajstić information content (AvgIpc) is 3.12. The lowest BCUT2D eigenvalue weighted by Gasteiger charge is -2.12. The largest absolute Gasteiger partial charge is 0.437 e. The summed E-state index contributed by atoms with van der Waals surface area (Å²) in [5, 5.41) is 3.03. The van der Waals surface area contributed by atoms with Crippen LogP contribution in [0.2, 0.25) is 0 Å². The highest BCUT2D eigenvalue weighted by Crippen LogP contribution is 2.38. The molecule has 3 heterocycles. The van der Waals surface area contributed by atoms with Crippen molar-refractivity contribution in [3.63, 3.8) is 0 Å². The van der Waals surface area contributed by atoms with Crippen molar-refractivity contribution in [1.29, 1.82) is 0 Å². The van der Waals surface area contributed by atoms with Crippen molar-refractivity contribution in [3.05, 3.63) is 70.9 Å². The van der Waals surface area contributed by atoms with Crippen molar-refractivity contribution < 1.29 is 11.7 Å². The normalized spacial score (nSPS) is 13.4. The van der Waals surface area contributed by atoms with Gasteiger partial charge in [0.1, 0.15) is 7.05 Å². The van der Waals surface area contributed by atoms with Gasteiger partial charge < -0.3 is 4.42 Å². The minimum Gasteiger partial charge on any atom is -0.437 e. The fraction of sp³-hybridized carbons (Fsp3) is 0.286. The van der Waals surface area contributed by atoms with Crippen LogP contribution in [0.1, 0.15) is 39.0 Å². The van der Waals surface area contributed by atoms with Gasteiger partial charge in [0, 0.05) is 36.7 Å². The van der Waals surface area contributed by atoms with Crippen LogP contribution in [-0.2, 0) is 13.4 Å². The molecule has 0 aliphatic carbocycles. The van der Waals surface area contributed by atoms with Crippen LogP contribution in [0, 0.1) is 26.7 Å². The molecule has 0 amide bonds. The van der Waals surface area contributed by atoms with Gasteiger partial charge in [-0.15, -0.1) is 0 Å². The summed E-state index contributed by atoms with van der Waals surface area (Å²) < 4.78 is 25.9. The molecule has 156 valence electrons. The van der Waals surface area contributed by atoms with E-state index in [1.165, 1.54) is 11.1 Å². The Morgan fingerprint density at radius 2 is 1.77 bits per heavy atom. The molecule has 0 atom stereocenters. The second kappa shape index (κ2) is 7.19. The molecule has 0 unspecified atom stereocenters. The summed E-state index contributed by atoms with van der Waals surface area (Å²) in [5.41, 5.74) is 8.61. The predicted octanol–water partition coefficient (Wildman–Crippen LogP) is 6.75. The van der Waals surface area contributed by atoms with Crippen molar-refractivity contribution in [2.45, 2.75) is 41.0 Å². The molecule has 0 saturated carbocycles. The highest BCUT2D eigenvalue weighted by atomic mass is 16.3. The minimum absolute atomic E-state index is 0.127. The molecule has 0 spiro atoms. The molecule has 5 rings (SSSR count). The van der Waals surface area contributed by atoms with E-state index in [9.17, 15) is 0 Å².